The Labute approximate surface area is 351 Å². The average Bonchev–Trinajstić information content (AvgIpc) is 3.68. The molecule has 0 bridgehead atoms. The van der Waals surface area contributed by atoms with Crippen LogP contribution < -0.4 is 4.90 Å². The average molecular weight is 770 g/mol. The van der Waals surface area contributed by atoms with E-state index >= 15 is 0 Å². The zero-order valence-electron chi connectivity index (χ0n) is 33.7. The smallest absolute Gasteiger partial charge is 0.135 e. The molecule has 0 spiro atoms. The standard InChI is InChI=1S/C58H43NO/c1-3-4-5-6-7-17-43-30-35-56(51-23-11-10-21-48(43)51)59(55-25-15-19-42-18-8-9-22-50(42)55)47-32-27-41(28-33-47)44-29-34-49(45-20-14-16-40(2)37-45)53(38-44)46-31-36-58-54(39-46)52-24-12-13-26-57(52)60-58/h3-39H,1-2H3/b4-3-,6-5-,17-7+. The van der Waals surface area contributed by atoms with E-state index in [1.54, 1.807) is 0 Å². The summed E-state index contributed by atoms with van der Waals surface area (Å²) in [5.74, 6) is 0. The second-order valence-electron chi connectivity index (χ2n) is 15.3. The molecule has 10 rings (SSSR count). The second kappa shape index (κ2) is 15.9. The molecule has 0 atom stereocenters. The molecule has 2 heteroatoms. The van der Waals surface area contributed by atoms with Crippen molar-refractivity contribution >= 4 is 66.6 Å². The Kier molecular flexibility index (Phi) is 9.73. The molecular formula is C58H43NO. The fourth-order valence-corrected chi connectivity index (χ4v) is 8.58. The maximum absolute atomic E-state index is 6.23. The Morgan fingerprint density at radius 1 is 0.417 bits per heavy atom. The highest BCUT2D eigenvalue weighted by atomic mass is 16.3. The van der Waals surface area contributed by atoms with Gasteiger partial charge in [0.1, 0.15) is 11.2 Å². The number of anilines is 3. The minimum Gasteiger partial charge on any atom is -0.456 e. The molecule has 1 aromatic heterocycles. The first-order valence-electron chi connectivity index (χ1n) is 20.6. The van der Waals surface area contributed by atoms with Crippen LogP contribution in [-0.4, -0.2) is 0 Å². The van der Waals surface area contributed by atoms with E-state index in [9.17, 15) is 0 Å². The van der Waals surface area contributed by atoms with Gasteiger partial charge in [0.05, 0.1) is 11.4 Å². The molecule has 0 radical (unpaired) electrons. The lowest BCUT2D eigenvalue weighted by molar-refractivity contribution is 0.669. The molecule has 10 aromatic rings. The number of fused-ring (bicyclic) bond motifs is 5. The van der Waals surface area contributed by atoms with Gasteiger partial charge in [-0.3, -0.25) is 0 Å². The highest BCUT2D eigenvalue weighted by Gasteiger charge is 2.19. The predicted octanol–water partition coefficient (Wildman–Crippen LogP) is 16.8. The summed E-state index contributed by atoms with van der Waals surface area (Å²) in [5, 5.41) is 7.05. The predicted molar refractivity (Wildman–Crippen MR) is 257 cm³/mol. The van der Waals surface area contributed by atoms with Crippen LogP contribution in [0.3, 0.4) is 0 Å². The molecule has 0 saturated carbocycles. The van der Waals surface area contributed by atoms with Crippen LogP contribution >= 0.6 is 0 Å². The number of rotatable bonds is 9. The van der Waals surface area contributed by atoms with E-state index in [1.807, 2.05) is 31.2 Å². The Hall–Kier alpha value is -7.68. The van der Waals surface area contributed by atoms with Gasteiger partial charge < -0.3 is 9.32 Å². The first-order chi connectivity index (χ1) is 29.6. The van der Waals surface area contributed by atoms with Crippen molar-refractivity contribution in [2.45, 2.75) is 13.8 Å². The van der Waals surface area contributed by atoms with Crippen LogP contribution in [0.2, 0.25) is 0 Å². The van der Waals surface area contributed by atoms with Crippen LogP contribution in [0.5, 0.6) is 0 Å². The first-order valence-corrected chi connectivity index (χ1v) is 20.6. The van der Waals surface area contributed by atoms with E-state index in [0.29, 0.717) is 0 Å². The summed E-state index contributed by atoms with van der Waals surface area (Å²) in [6.45, 7) is 4.19. The van der Waals surface area contributed by atoms with Gasteiger partial charge in [0.25, 0.3) is 0 Å². The van der Waals surface area contributed by atoms with Crippen molar-refractivity contribution in [2.75, 3.05) is 4.90 Å². The van der Waals surface area contributed by atoms with E-state index in [0.717, 1.165) is 55.7 Å². The zero-order valence-corrected chi connectivity index (χ0v) is 33.7. The van der Waals surface area contributed by atoms with Gasteiger partial charge in [0.15, 0.2) is 0 Å². The monoisotopic (exact) mass is 769 g/mol. The van der Waals surface area contributed by atoms with Gasteiger partial charge in [0.2, 0.25) is 0 Å². The van der Waals surface area contributed by atoms with E-state index in [1.165, 1.54) is 49.4 Å². The molecule has 2 nitrogen and oxygen atoms in total. The van der Waals surface area contributed by atoms with Crippen molar-refractivity contribution in [3.63, 3.8) is 0 Å². The number of para-hydroxylation sites is 1. The Bertz CT molecular complexity index is 3280. The van der Waals surface area contributed by atoms with Crippen LogP contribution in [0.1, 0.15) is 18.1 Å². The molecular weight excluding hydrogens is 727 g/mol. The Morgan fingerprint density at radius 3 is 1.93 bits per heavy atom. The topological polar surface area (TPSA) is 16.4 Å². The largest absolute Gasteiger partial charge is 0.456 e. The quantitative estimate of drug-likeness (QED) is 0.136. The number of nitrogens with zero attached hydrogens (tertiary/aromatic N) is 1. The molecule has 0 fully saturated rings. The molecule has 0 saturated heterocycles. The van der Waals surface area contributed by atoms with Crippen LogP contribution in [0.4, 0.5) is 17.1 Å². The zero-order chi connectivity index (χ0) is 40.4. The fourth-order valence-electron chi connectivity index (χ4n) is 8.58. The maximum Gasteiger partial charge on any atom is 0.135 e. The molecule has 60 heavy (non-hydrogen) atoms. The van der Waals surface area contributed by atoms with Gasteiger partial charge in [-0.25, -0.2) is 0 Å². The number of allylic oxidation sites excluding steroid dienone is 5. The third kappa shape index (κ3) is 6.89. The number of hydrogen-bond acceptors (Lipinski definition) is 2. The summed E-state index contributed by atoms with van der Waals surface area (Å²) in [5.41, 5.74) is 14.6. The lowest BCUT2D eigenvalue weighted by Gasteiger charge is -2.28. The molecule has 0 unspecified atom stereocenters. The maximum atomic E-state index is 6.23. The molecule has 0 amide bonds. The molecule has 286 valence electrons. The molecule has 1 heterocycles. The van der Waals surface area contributed by atoms with Gasteiger partial charge >= 0.3 is 0 Å². The summed E-state index contributed by atoms with van der Waals surface area (Å²) in [6.07, 6.45) is 12.5. The number of benzene rings is 9. The van der Waals surface area contributed by atoms with Gasteiger partial charge in [-0.05, 0) is 112 Å². The Morgan fingerprint density at radius 2 is 1.08 bits per heavy atom. The highest BCUT2D eigenvalue weighted by Crippen LogP contribution is 2.44. The van der Waals surface area contributed by atoms with E-state index in [4.69, 9.17) is 4.42 Å². The van der Waals surface area contributed by atoms with Crippen molar-refractivity contribution in [1.82, 2.24) is 0 Å². The molecule has 0 N–H and O–H groups in total. The number of aryl methyl sites for hydroxylation is 1. The van der Waals surface area contributed by atoms with Gasteiger partial charge in [-0.2, -0.15) is 0 Å². The van der Waals surface area contributed by atoms with Crippen LogP contribution in [0.25, 0.3) is 82.9 Å². The fraction of sp³-hybridized carbons (Fsp3) is 0.0345. The molecule has 0 aliphatic heterocycles. The summed E-state index contributed by atoms with van der Waals surface area (Å²) in [4.78, 5) is 2.42. The van der Waals surface area contributed by atoms with Crippen molar-refractivity contribution < 1.29 is 4.42 Å². The SMILES string of the molecule is C\C=C/C=C\C=C\c1ccc(N(c2ccc(-c3ccc(-c4cccc(C)c4)c(-c4ccc5oc6ccccc6c5c4)c3)cc2)c2cccc3ccccc23)c2ccccc12. The summed E-state index contributed by atoms with van der Waals surface area (Å²) >= 11 is 0. The van der Waals surface area contributed by atoms with E-state index in [2.05, 4.69) is 212 Å². The van der Waals surface area contributed by atoms with Crippen LogP contribution in [-0.2, 0) is 0 Å². The van der Waals surface area contributed by atoms with Gasteiger partial charge in [-0.1, -0.05) is 182 Å². The van der Waals surface area contributed by atoms with Crippen molar-refractivity contribution in [2.24, 2.45) is 0 Å². The van der Waals surface area contributed by atoms with E-state index < -0.39 is 0 Å². The minimum atomic E-state index is 0.899. The third-order valence-corrected chi connectivity index (χ3v) is 11.5. The second-order valence-corrected chi connectivity index (χ2v) is 15.3. The number of furan rings is 1. The van der Waals surface area contributed by atoms with Crippen molar-refractivity contribution in [3.8, 4) is 33.4 Å². The van der Waals surface area contributed by atoms with Crippen LogP contribution in [0.15, 0.2) is 223 Å². The lowest BCUT2D eigenvalue weighted by Crippen LogP contribution is -2.11. The normalized spacial score (nSPS) is 12.0. The third-order valence-electron chi connectivity index (χ3n) is 11.5. The van der Waals surface area contributed by atoms with Gasteiger partial charge in [0, 0.05) is 27.2 Å². The summed E-state index contributed by atoms with van der Waals surface area (Å²) < 4.78 is 6.23. The van der Waals surface area contributed by atoms with Gasteiger partial charge in [-0.15, -0.1) is 0 Å². The first kappa shape index (κ1) is 36.6. The molecule has 9 aromatic carbocycles. The van der Waals surface area contributed by atoms with Crippen molar-refractivity contribution in [3.05, 3.63) is 230 Å². The number of hydrogen-bond donors (Lipinski definition) is 0. The van der Waals surface area contributed by atoms with E-state index in [-0.39, 0.29) is 0 Å². The van der Waals surface area contributed by atoms with Crippen molar-refractivity contribution in [1.29, 1.82) is 0 Å². The summed E-state index contributed by atoms with van der Waals surface area (Å²) in [7, 11) is 0. The highest BCUT2D eigenvalue weighted by molar-refractivity contribution is 6.08. The molecule has 0 aliphatic rings. The Balaban J connectivity index is 1.10. The van der Waals surface area contributed by atoms with Crippen LogP contribution in [0, 0.1) is 6.92 Å². The summed E-state index contributed by atoms with van der Waals surface area (Å²) in [6, 6.07) is 68.1. The molecule has 0 aliphatic carbocycles. The minimum absolute atomic E-state index is 0.899. The lowest BCUT2D eigenvalue weighted by atomic mass is 9.90.